The predicted molar refractivity (Wildman–Crippen MR) is 71.0 cm³/mol. The smallest absolute Gasteiger partial charge is 0.144 e. The van der Waals surface area contributed by atoms with E-state index >= 15 is 0 Å². The Kier molecular flexibility index (Phi) is 5.72. The Bertz CT molecular complexity index is 280. The van der Waals surface area contributed by atoms with Gasteiger partial charge in [0.15, 0.2) is 0 Å². The van der Waals surface area contributed by atoms with E-state index < -0.39 is 0 Å². The monoisotopic (exact) mass is 239 g/mol. The molecular weight excluding hydrogens is 214 g/mol. The van der Waals surface area contributed by atoms with Crippen LogP contribution >= 0.6 is 0 Å². The molecule has 0 saturated carbocycles. The molecule has 0 fully saturated rings. The van der Waals surface area contributed by atoms with Gasteiger partial charge < -0.3 is 9.84 Å². The van der Waals surface area contributed by atoms with E-state index in [-0.39, 0.29) is 5.72 Å². The van der Waals surface area contributed by atoms with E-state index in [0.29, 0.717) is 12.4 Å². The van der Waals surface area contributed by atoms with Crippen molar-refractivity contribution < 1.29 is 9.84 Å². The summed E-state index contributed by atoms with van der Waals surface area (Å²) in [6.07, 6.45) is 8.53. The summed E-state index contributed by atoms with van der Waals surface area (Å²) in [5.74, 6) is 0.341. The predicted octanol–water partition coefficient (Wildman–Crippen LogP) is 3.24. The molecule has 0 bridgehead atoms. The molecule has 0 aromatic rings. The van der Waals surface area contributed by atoms with Crippen molar-refractivity contribution in [3.63, 3.8) is 0 Å². The Morgan fingerprint density at radius 1 is 1.29 bits per heavy atom. The number of aliphatic hydroxyl groups excluding tert-OH is 1. The van der Waals surface area contributed by atoms with Crippen LogP contribution in [0.25, 0.3) is 0 Å². The molecular formula is C14H25NO2. The van der Waals surface area contributed by atoms with Crippen molar-refractivity contribution in [2.24, 2.45) is 0 Å². The number of allylic oxidation sites excluding steroid dienone is 1. The summed E-state index contributed by atoms with van der Waals surface area (Å²) in [6.45, 7) is 9.11. The summed E-state index contributed by atoms with van der Waals surface area (Å²) in [5, 5.41) is 9.45. The molecule has 3 nitrogen and oxygen atoms in total. The van der Waals surface area contributed by atoms with Crippen molar-refractivity contribution in [2.75, 3.05) is 19.7 Å². The zero-order valence-corrected chi connectivity index (χ0v) is 11.3. The highest BCUT2D eigenvalue weighted by molar-refractivity contribution is 5.22. The van der Waals surface area contributed by atoms with Gasteiger partial charge in [0.2, 0.25) is 0 Å². The van der Waals surface area contributed by atoms with Gasteiger partial charge >= 0.3 is 0 Å². The third-order valence-electron chi connectivity index (χ3n) is 3.03. The highest BCUT2D eigenvalue weighted by atomic mass is 16.5. The van der Waals surface area contributed by atoms with E-state index in [0.717, 1.165) is 32.4 Å². The van der Waals surface area contributed by atoms with Crippen molar-refractivity contribution >= 4 is 0 Å². The van der Waals surface area contributed by atoms with Crippen LogP contribution in [0.5, 0.6) is 0 Å². The van der Waals surface area contributed by atoms with E-state index in [4.69, 9.17) is 4.74 Å². The average Bonchev–Trinajstić information content (AvgIpc) is 2.32. The number of aliphatic hydroxyl groups is 1. The maximum atomic E-state index is 9.45. The molecule has 1 atom stereocenters. The summed E-state index contributed by atoms with van der Waals surface area (Å²) in [5.41, 5.74) is -0.354. The summed E-state index contributed by atoms with van der Waals surface area (Å²) >= 11 is 0. The van der Waals surface area contributed by atoms with Crippen LogP contribution in [0.3, 0.4) is 0 Å². The molecule has 98 valence electrons. The molecule has 17 heavy (non-hydrogen) atoms. The lowest BCUT2D eigenvalue weighted by atomic mass is 10.0. The molecule has 0 amide bonds. The van der Waals surface area contributed by atoms with Gasteiger partial charge in [0.1, 0.15) is 11.5 Å². The second kappa shape index (κ2) is 6.82. The highest BCUT2D eigenvalue weighted by Crippen LogP contribution is 2.29. The minimum atomic E-state index is -0.354. The van der Waals surface area contributed by atoms with E-state index in [1.54, 1.807) is 6.08 Å². The molecule has 1 unspecified atom stereocenters. The number of hydrogen-bond donors (Lipinski definition) is 1. The van der Waals surface area contributed by atoms with E-state index in [2.05, 4.69) is 18.7 Å². The van der Waals surface area contributed by atoms with E-state index in [1.807, 2.05) is 19.1 Å². The van der Waals surface area contributed by atoms with Crippen LogP contribution in [0.15, 0.2) is 24.0 Å². The normalized spacial score (nSPS) is 24.1. The largest absolute Gasteiger partial charge is 0.508 e. The fourth-order valence-corrected chi connectivity index (χ4v) is 2.32. The van der Waals surface area contributed by atoms with Crippen LogP contribution in [-0.4, -0.2) is 35.4 Å². The first-order valence-corrected chi connectivity index (χ1v) is 6.65. The van der Waals surface area contributed by atoms with Gasteiger partial charge in [-0.2, -0.15) is 0 Å². The molecule has 0 aliphatic heterocycles. The number of ether oxygens (including phenoxy) is 1. The average molecular weight is 239 g/mol. The first kappa shape index (κ1) is 14.3. The zero-order valence-electron chi connectivity index (χ0n) is 11.3. The Morgan fingerprint density at radius 3 is 2.35 bits per heavy atom. The molecule has 1 N–H and O–H groups in total. The van der Waals surface area contributed by atoms with Gasteiger partial charge in [0.25, 0.3) is 0 Å². The second-order valence-corrected chi connectivity index (χ2v) is 4.43. The fourth-order valence-electron chi connectivity index (χ4n) is 2.32. The highest BCUT2D eigenvalue weighted by Gasteiger charge is 2.34. The molecule has 0 saturated heterocycles. The Labute approximate surface area is 105 Å². The van der Waals surface area contributed by atoms with Crippen LogP contribution in [0.1, 0.15) is 40.0 Å². The zero-order chi connectivity index (χ0) is 12.7. The number of hydrogen-bond acceptors (Lipinski definition) is 3. The summed E-state index contributed by atoms with van der Waals surface area (Å²) < 4.78 is 5.97. The third-order valence-corrected chi connectivity index (χ3v) is 3.03. The van der Waals surface area contributed by atoms with Gasteiger partial charge in [-0.15, -0.1) is 0 Å². The third kappa shape index (κ3) is 3.58. The van der Waals surface area contributed by atoms with Crippen molar-refractivity contribution in [1.29, 1.82) is 0 Å². The Hall–Kier alpha value is -0.800. The summed E-state index contributed by atoms with van der Waals surface area (Å²) in [6, 6.07) is 0. The van der Waals surface area contributed by atoms with Crippen molar-refractivity contribution in [3.8, 4) is 0 Å². The molecule has 3 heteroatoms. The van der Waals surface area contributed by atoms with Crippen LogP contribution < -0.4 is 0 Å². The number of rotatable bonds is 7. The lowest BCUT2D eigenvalue weighted by Gasteiger charge is -2.42. The Morgan fingerprint density at radius 2 is 1.94 bits per heavy atom. The lowest BCUT2D eigenvalue weighted by molar-refractivity contribution is -0.118. The Balaban J connectivity index is 2.85. The molecule has 1 aliphatic rings. The van der Waals surface area contributed by atoms with Gasteiger partial charge in [-0.05, 0) is 38.0 Å². The van der Waals surface area contributed by atoms with Gasteiger partial charge in [-0.3, -0.25) is 4.90 Å². The molecule has 0 radical (unpaired) electrons. The SMILES string of the molecule is CCCN(CCC)C1(OCC)C=CC(O)=CC1. The minimum Gasteiger partial charge on any atom is -0.508 e. The molecule has 0 heterocycles. The maximum Gasteiger partial charge on any atom is 0.144 e. The minimum absolute atomic E-state index is 0.341. The molecule has 1 aliphatic carbocycles. The van der Waals surface area contributed by atoms with Crippen molar-refractivity contribution in [1.82, 2.24) is 4.90 Å². The van der Waals surface area contributed by atoms with Gasteiger partial charge in [0.05, 0.1) is 0 Å². The van der Waals surface area contributed by atoms with Crippen LogP contribution in [0.4, 0.5) is 0 Å². The van der Waals surface area contributed by atoms with Crippen molar-refractivity contribution in [2.45, 2.75) is 45.8 Å². The van der Waals surface area contributed by atoms with Gasteiger partial charge in [0, 0.05) is 26.1 Å². The summed E-state index contributed by atoms with van der Waals surface area (Å²) in [7, 11) is 0. The second-order valence-electron chi connectivity index (χ2n) is 4.43. The van der Waals surface area contributed by atoms with Gasteiger partial charge in [-0.25, -0.2) is 0 Å². The standard InChI is InChI=1S/C14H25NO2/c1-4-11-15(12-5-2)14(17-6-3)9-7-13(16)8-10-14/h7-9,16H,4-6,10-12H2,1-3H3. The molecule has 0 aromatic carbocycles. The van der Waals surface area contributed by atoms with Crippen LogP contribution in [-0.2, 0) is 4.74 Å². The topological polar surface area (TPSA) is 32.7 Å². The fraction of sp³-hybridized carbons (Fsp3) is 0.714. The van der Waals surface area contributed by atoms with Crippen LogP contribution in [0, 0.1) is 0 Å². The first-order chi connectivity index (χ1) is 8.18. The summed E-state index contributed by atoms with van der Waals surface area (Å²) in [4.78, 5) is 2.37. The molecule has 1 rings (SSSR count). The lowest BCUT2D eigenvalue weighted by Crippen LogP contribution is -2.50. The first-order valence-electron chi connectivity index (χ1n) is 6.65. The number of nitrogens with zero attached hydrogens (tertiary/aromatic N) is 1. The van der Waals surface area contributed by atoms with Crippen molar-refractivity contribution in [3.05, 3.63) is 24.0 Å². The van der Waals surface area contributed by atoms with E-state index in [1.165, 1.54) is 0 Å². The van der Waals surface area contributed by atoms with E-state index in [9.17, 15) is 5.11 Å². The molecule has 0 spiro atoms. The van der Waals surface area contributed by atoms with Crippen LogP contribution in [0.2, 0.25) is 0 Å². The maximum absolute atomic E-state index is 9.45. The van der Waals surface area contributed by atoms with Gasteiger partial charge in [-0.1, -0.05) is 13.8 Å². The molecule has 0 aromatic heterocycles. The quantitative estimate of drug-likeness (QED) is 0.692.